The molecule has 0 bridgehead atoms. The van der Waals surface area contributed by atoms with Crippen molar-refractivity contribution < 1.29 is 20.1 Å². The Hall–Kier alpha value is -0.650. The molecule has 0 heterocycles. The Morgan fingerprint density at radius 3 is 2.45 bits per heavy atom. The van der Waals surface area contributed by atoms with Crippen LogP contribution in [0.5, 0.6) is 0 Å². The molecule has 0 aromatic carbocycles. The highest BCUT2D eigenvalue weighted by atomic mass is 16.3. The molecule has 0 aliphatic heterocycles. The molecule has 2 atom stereocenters. The first kappa shape index (κ1) is 10.3. The molecule has 4 N–H and O–H groups in total. The lowest BCUT2D eigenvalue weighted by atomic mass is 10.3. The molecule has 0 saturated heterocycles. The van der Waals surface area contributed by atoms with Crippen molar-refractivity contribution in [3.05, 3.63) is 0 Å². The third-order valence-corrected chi connectivity index (χ3v) is 1.10. The second-order valence-electron chi connectivity index (χ2n) is 2.26. The van der Waals surface area contributed by atoms with Gasteiger partial charge in [-0.05, 0) is 6.92 Å². The fourth-order valence-corrected chi connectivity index (χ4v) is 0.431. The third-order valence-electron chi connectivity index (χ3n) is 1.10. The summed E-state index contributed by atoms with van der Waals surface area (Å²) in [5.41, 5.74) is 0. The zero-order chi connectivity index (χ0) is 8.85. The first-order valence-electron chi connectivity index (χ1n) is 3.32. The average Bonchev–Trinajstić information content (AvgIpc) is 1.99. The number of nitrogens with one attached hydrogen (secondary N) is 1. The largest absolute Gasteiger partial charge is 0.394 e. The third kappa shape index (κ3) is 4.72. The van der Waals surface area contributed by atoms with E-state index in [9.17, 15) is 4.79 Å². The summed E-state index contributed by atoms with van der Waals surface area (Å²) in [6.45, 7) is 0.876. The maximum atomic E-state index is 10.6. The molecular weight excluding hydrogens is 150 g/mol. The van der Waals surface area contributed by atoms with Gasteiger partial charge in [-0.25, -0.2) is 0 Å². The number of aliphatic hydroxyl groups excluding tert-OH is 3. The van der Waals surface area contributed by atoms with E-state index in [1.165, 1.54) is 6.92 Å². The molecule has 0 fully saturated rings. The van der Waals surface area contributed by atoms with Crippen molar-refractivity contribution in [3.8, 4) is 0 Å². The topological polar surface area (TPSA) is 89.8 Å². The van der Waals surface area contributed by atoms with Crippen LogP contribution in [-0.2, 0) is 4.79 Å². The molecule has 11 heavy (non-hydrogen) atoms. The van der Waals surface area contributed by atoms with Crippen LogP contribution in [0.15, 0.2) is 0 Å². The minimum Gasteiger partial charge on any atom is -0.394 e. The lowest BCUT2D eigenvalue weighted by Gasteiger charge is -2.09. The zero-order valence-electron chi connectivity index (χ0n) is 6.32. The van der Waals surface area contributed by atoms with Gasteiger partial charge in [-0.15, -0.1) is 0 Å². The number of amides is 1. The minimum absolute atomic E-state index is 0.0414. The Kier molecular flexibility index (Phi) is 4.76. The molecule has 0 aliphatic rings. The van der Waals surface area contributed by atoms with E-state index in [2.05, 4.69) is 5.32 Å². The van der Waals surface area contributed by atoms with Crippen molar-refractivity contribution >= 4 is 5.91 Å². The van der Waals surface area contributed by atoms with Gasteiger partial charge < -0.3 is 20.6 Å². The highest BCUT2D eigenvalue weighted by Gasteiger charge is 2.09. The predicted octanol–water partition coefficient (Wildman–Crippen LogP) is -2.16. The Bertz CT molecular complexity index is 126. The molecule has 5 heteroatoms. The van der Waals surface area contributed by atoms with E-state index in [0.29, 0.717) is 0 Å². The van der Waals surface area contributed by atoms with Crippen LogP contribution in [-0.4, -0.2) is 46.6 Å². The average molecular weight is 163 g/mol. The van der Waals surface area contributed by atoms with Gasteiger partial charge in [-0.1, -0.05) is 0 Å². The molecule has 0 aromatic heterocycles. The fourth-order valence-electron chi connectivity index (χ4n) is 0.431. The number of hydrogen-bond acceptors (Lipinski definition) is 4. The van der Waals surface area contributed by atoms with E-state index in [-0.39, 0.29) is 6.54 Å². The quantitative estimate of drug-likeness (QED) is 0.380. The van der Waals surface area contributed by atoms with E-state index in [4.69, 9.17) is 15.3 Å². The van der Waals surface area contributed by atoms with Gasteiger partial charge in [0.1, 0.15) is 6.10 Å². The van der Waals surface area contributed by atoms with Crippen LogP contribution >= 0.6 is 0 Å². The lowest BCUT2D eigenvalue weighted by Crippen LogP contribution is -2.38. The lowest BCUT2D eigenvalue weighted by molar-refractivity contribution is -0.129. The SMILES string of the molecule is C[C@@H](O)C(=O)NC[C@H](O)CO. The molecule has 1 amide bonds. The van der Waals surface area contributed by atoms with Gasteiger partial charge in [0, 0.05) is 6.54 Å². The number of rotatable bonds is 4. The molecule has 66 valence electrons. The first-order valence-corrected chi connectivity index (χ1v) is 3.32. The molecule has 0 unspecified atom stereocenters. The van der Waals surface area contributed by atoms with Gasteiger partial charge >= 0.3 is 0 Å². The molecule has 0 saturated carbocycles. The second-order valence-corrected chi connectivity index (χ2v) is 2.26. The van der Waals surface area contributed by atoms with Gasteiger partial charge in [-0.2, -0.15) is 0 Å². The van der Waals surface area contributed by atoms with Crippen LogP contribution in [0.1, 0.15) is 6.92 Å². The number of aliphatic hydroxyl groups is 3. The Balaban J connectivity index is 3.46. The number of carbonyl (C=O) groups excluding carboxylic acids is 1. The predicted molar refractivity (Wildman–Crippen MR) is 37.8 cm³/mol. The van der Waals surface area contributed by atoms with E-state index >= 15 is 0 Å². The van der Waals surface area contributed by atoms with Crippen LogP contribution in [0.3, 0.4) is 0 Å². The molecule has 0 aromatic rings. The van der Waals surface area contributed by atoms with Crippen molar-refractivity contribution in [3.63, 3.8) is 0 Å². The normalized spacial score (nSPS) is 15.6. The Labute approximate surface area is 64.7 Å². The van der Waals surface area contributed by atoms with Crippen LogP contribution < -0.4 is 5.32 Å². The van der Waals surface area contributed by atoms with Gasteiger partial charge in [0.05, 0.1) is 12.7 Å². The van der Waals surface area contributed by atoms with Crippen molar-refractivity contribution in [1.82, 2.24) is 5.32 Å². The summed E-state index contributed by atoms with van der Waals surface area (Å²) in [4.78, 5) is 10.6. The summed E-state index contributed by atoms with van der Waals surface area (Å²) in [6, 6.07) is 0. The second kappa shape index (κ2) is 5.06. The first-order chi connectivity index (χ1) is 5.07. The Morgan fingerprint density at radius 2 is 2.09 bits per heavy atom. The van der Waals surface area contributed by atoms with Crippen molar-refractivity contribution in [1.29, 1.82) is 0 Å². The van der Waals surface area contributed by atoms with E-state index in [0.717, 1.165) is 0 Å². The highest BCUT2D eigenvalue weighted by molar-refractivity contribution is 5.79. The maximum Gasteiger partial charge on any atom is 0.248 e. The molecule has 0 radical (unpaired) electrons. The van der Waals surface area contributed by atoms with Crippen LogP contribution in [0.4, 0.5) is 0 Å². The monoisotopic (exact) mass is 163 g/mol. The number of hydrogen-bond donors (Lipinski definition) is 4. The highest BCUT2D eigenvalue weighted by Crippen LogP contribution is 1.81. The number of carbonyl (C=O) groups is 1. The van der Waals surface area contributed by atoms with Crippen LogP contribution in [0.2, 0.25) is 0 Å². The van der Waals surface area contributed by atoms with Crippen molar-refractivity contribution in [2.45, 2.75) is 19.1 Å². The fraction of sp³-hybridized carbons (Fsp3) is 0.833. The van der Waals surface area contributed by atoms with Crippen LogP contribution in [0.25, 0.3) is 0 Å². The van der Waals surface area contributed by atoms with Gasteiger partial charge in [0.15, 0.2) is 0 Å². The van der Waals surface area contributed by atoms with Gasteiger partial charge in [0.2, 0.25) is 5.91 Å². The molecular formula is C6H13NO4. The molecule has 0 spiro atoms. The van der Waals surface area contributed by atoms with Crippen LogP contribution in [0, 0.1) is 0 Å². The van der Waals surface area contributed by atoms with Gasteiger partial charge in [0.25, 0.3) is 0 Å². The summed E-state index contributed by atoms with van der Waals surface area (Å²) in [6.07, 6.45) is -2.04. The van der Waals surface area contributed by atoms with E-state index < -0.39 is 24.7 Å². The Morgan fingerprint density at radius 1 is 1.55 bits per heavy atom. The summed E-state index contributed by atoms with van der Waals surface area (Å²) >= 11 is 0. The maximum absolute atomic E-state index is 10.6. The summed E-state index contributed by atoms with van der Waals surface area (Å²) < 4.78 is 0. The standard InChI is InChI=1S/C6H13NO4/c1-4(9)6(11)7-2-5(10)3-8/h4-5,8-10H,2-3H2,1H3,(H,7,11)/t4-,5+/m1/s1. The smallest absolute Gasteiger partial charge is 0.248 e. The van der Waals surface area contributed by atoms with Gasteiger partial charge in [-0.3, -0.25) is 4.79 Å². The van der Waals surface area contributed by atoms with Crippen molar-refractivity contribution in [2.75, 3.05) is 13.2 Å². The van der Waals surface area contributed by atoms with E-state index in [1.54, 1.807) is 0 Å². The summed E-state index contributed by atoms with van der Waals surface area (Å²) in [5.74, 6) is -0.558. The zero-order valence-corrected chi connectivity index (χ0v) is 6.32. The summed E-state index contributed by atoms with van der Waals surface area (Å²) in [7, 11) is 0. The van der Waals surface area contributed by atoms with E-state index in [1.807, 2.05) is 0 Å². The summed E-state index contributed by atoms with van der Waals surface area (Å²) in [5, 5.41) is 27.9. The molecule has 0 rings (SSSR count). The van der Waals surface area contributed by atoms with Crippen molar-refractivity contribution in [2.24, 2.45) is 0 Å². The molecule has 5 nitrogen and oxygen atoms in total. The molecule has 0 aliphatic carbocycles. The minimum atomic E-state index is -1.08.